The standard InChI is InChI=1S/C13H15Br2N3/c1-2-11(16)5-9-3-4-12(6-13(9)15)18-8-10(14)7-17-18/h3-4,6-8,11H,2,5,16H2,1H3. The van der Waals surface area contributed by atoms with Crippen molar-refractivity contribution in [1.82, 2.24) is 9.78 Å². The van der Waals surface area contributed by atoms with Crippen LogP contribution in [0.3, 0.4) is 0 Å². The Morgan fingerprint density at radius 1 is 1.39 bits per heavy atom. The number of rotatable bonds is 4. The predicted octanol–water partition coefficient (Wildman–Crippen LogP) is 3.68. The van der Waals surface area contributed by atoms with Crippen molar-refractivity contribution >= 4 is 31.9 Å². The quantitative estimate of drug-likeness (QED) is 0.889. The van der Waals surface area contributed by atoms with E-state index in [0.717, 1.165) is 27.5 Å². The van der Waals surface area contributed by atoms with Crippen molar-refractivity contribution in [1.29, 1.82) is 0 Å². The molecule has 0 spiro atoms. The fraction of sp³-hybridized carbons (Fsp3) is 0.308. The third-order valence-electron chi connectivity index (χ3n) is 2.86. The lowest BCUT2D eigenvalue weighted by atomic mass is 10.0. The Hall–Kier alpha value is -0.650. The predicted molar refractivity (Wildman–Crippen MR) is 80.9 cm³/mol. The molecule has 0 saturated carbocycles. The highest BCUT2D eigenvalue weighted by Crippen LogP contribution is 2.23. The molecule has 1 unspecified atom stereocenters. The van der Waals surface area contributed by atoms with Crippen LogP contribution in [0, 0.1) is 0 Å². The Balaban J connectivity index is 2.24. The molecule has 0 amide bonds. The zero-order chi connectivity index (χ0) is 13.1. The lowest BCUT2D eigenvalue weighted by molar-refractivity contribution is 0.645. The van der Waals surface area contributed by atoms with E-state index < -0.39 is 0 Å². The first-order valence-corrected chi connectivity index (χ1v) is 7.43. The van der Waals surface area contributed by atoms with Gasteiger partial charge >= 0.3 is 0 Å². The molecule has 0 fully saturated rings. The first-order valence-electron chi connectivity index (χ1n) is 5.84. The average molecular weight is 373 g/mol. The van der Waals surface area contributed by atoms with Crippen molar-refractivity contribution < 1.29 is 0 Å². The average Bonchev–Trinajstić information content (AvgIpc) is 2.78. The molecule has 96 valence electrons. The minimum Gasteiger partial charge on any atom is -0.327 e. The number of nitrogens with two attached hydrogens (primary N) is 1. The van der Waals surface area contributed by atoms with Gasteiger partial charge in [0.15, 0.2) is 0 Å². The van der Waals surface area contributed by atoms with Crippen LogP contribution in [0.4, 0.5) is 0 Å². The van der Waals surface area contributed by atoms with Crippen molar-refractivity contribution in [3.05, 3.63) is 45.1 Å². The molecule has 2 N–H and O–H groups in total. The monoisotopic (exact) mass is 371 g/mol. The molecule has 1 atom stereocenters. The molecule has 0 radical (unpaired) electrons. The van der Waals surface area contributed by atoms with Gasteiger partial charge < -0.3 is 5.73 Å². The molecule has 2 rings (SSSR count). The summed E-state index contributed by atoms with van der Waals surface area (Å²) in [6.07, 6.45) is 5.58. The van der Waals surface area contributed by atoms with E-state index in [1.165, 1.54) is 5.56 Å². The molecule has 0 aliphatic carbocycles. The topological polar surface area (TPSA) is 43.8 Å². The molecule has 5 heteroatoms. The first-order chi connectivity index (χ1) is 8.60. The molecule has 2 aromatic rings. The minimum atomic E-state index is 0.214. The van der Waals surface area contributed by atoms with Gasteiger partial charge in [-0.1, -0.05) is 28.9 Å². The van der Waals surface area contributed by atoms with Gasteiger partial charge in [0.2, 0.25) is 0 Å². The van der Waals surface area contributed by atoms with E-state index in [1.807, 2.05) is 10.9 Å². The summed E-state index contributed by atoms with van der Waals surface area (Å²) in [6.45, 7) is 2.11. The number of halogens is 2. The summed E-state index contributed by atoms with van der Waals surface area (Å²) >= 11 is 6.99. The van der Waals surface area contributed by atoms with Crippen LogP contribution in [0.1, 0.15) is 18.9 Å². The van der Waals surface area contributed by atoms with E-state index in [0.29, 0.717) is 0 Å². The van der Waals surface area contributed by atoms with E-state index in [-0.39, 0.29) is 6.04 Å². The summed E-state index contributed by atoms with van der Waals surface area (Å²) in [7, 11) is 0. The zero-order valence-corrected chi connectivity index (χ0v) is 13.3. The van der Waals surface area contributed by atoms with E-state index in [1.54, 1.807) is 6.20 Å². The third kappa shape index (κ3) is 3.22. The maximum Gasteiger partial charge on any atom is 0.0657 e. The molecule has 0 aliphatic rings. The largest absolute Gasteiger partial charge is 0.327 e. The fourth-order valence-electron chi connectivity index (χ4n) is 1.71. The Morgan fingerprint density at radius 3 is 2.72 bits per heavy atom. The van der Waals surface area contributed by atoms with Crippen LogP contribution in [0.25, 0.3) is 5.69 Å². The van der Waals surface area contributed by atoms with E-state index in [2.05, 4.69) is 62.1 Å². The highest BCUT2D eigenvalue weighted by Gasteiger charge is 2.07. The summed E-state index contributed by atoms with van der Waals surface area (Å²) in [5.41, 5.74) is 8.25. The summed E-state index contributed by atoms with van der Waals surface area (Å²) in [5, 5.41) is 4.26. The molecule has 0 saturated heterocycles. The molecule has 3 nitrogen and oxygen atoms in total. The van der Waals surface area contributed by atoms with Crippen molar-refractivity contribution in [2.24, 2.45) is 5.73 Å². The number of nitrogens with zero attached hydrogens (tertiary/aromatic N) is 2. The van der Waals surface area contributed by atoms with Gasteiger partial charge in [0, 0.05) is 16.7 Å². The molecule has 18 heavy (non-hydrogen) atoms. The van der Waals surface area contributed by atoms with Crippen LogP contribution in [0.2, 0.25) is 0 Å². The van der Waals surface area contributed by atoms with Crippen LogP contribution in [0.15, 0.2) is 39.5 Å². The Kier molecular flexibility index (Phi) is 4.59. The van der Waals surface area contributed by atoms with Crippen molar-refractivity contribution in [2.75, 3.05) is 0 Å². The maximum atomic E-state index is 5.98. The number of hydrogen-bond donors (Lipinski definition) is 1. The van der Waals surface area contributed by atoms with E-state index in [9.17, 15) is 0 Å². The van der Waals surface area contributed by atoms with Gasteiger partial charge in [-0.3, -0.25) is 0 Å². The summed E-state index contributed by atoms with van der Waals surface area (Å²) in [5.74, 6) is 0. The van der Waals surface area contributed by atoms with Gasteiger partial charge in [-0.05, 0) is 46.5 Å². The Labute approximate surface area is 124 Å². The SMILES string of the molecule is CCC(N)Cc1ccc(-n2cc(Br)cn2)cc1Br. The second kappa shape index (κ2) is 5.99. The normalized spacial score (nSPS) is 12.7. The number of benzene rings is 1. The van der Waals surface area contributed by atoms with Gasteiger partial charge in [-0.15, -0.1) is 0 Å². The van der Waals surface area contributed by atoms with Crippen molar-refractivity contribution in [3.8, 4) is 5.69 Å². The highest BCUT2D eigenvalue weighted by atomic mass is 79.9. The second-order valence-corrected chi connectivity index (χ2v) is 6.02. The number of aromatic nitrogens is 2. The summed E-state index contributed by atoms with van der Waals surface area (Å²) in [6, 6.07) is 6.44. The summed E-state index contributed by atoms with van der Waals surface area (Å²) < 4.78 is 3.88. The van der Waals surface area contributed by atoms with Crippen molar-refractivity contribution in [3.63, 3.8) is 0 Å². The molecule has 0 aliphatic heterocycles. The molecule has 1 aromatic carbocycles. The lowest BCUT2D eigenvalue weighted by Crippen LogP contribution is -2.21. The Morgan fingerprint density at radius 2 is 2.17 bits per heavy atom. The smallest absolute Gasteiger partial charge is 0.0657 e. The van der Waals surface area contributed by atoms with Gasteiger partial charge in [-0.25, -0.2) is 4.68 Å². The lowest BCUT2D eigenvalue weighted by Gasteiger charge is -2.11. The maximum absolute atomic E-state index is 5.98. The molecular weight excluding hydrogens is 358 g/mol. The van der Waals surface area contributed by atoms with E-state index >= 15 is 0 Å². The van der Waals surface area contributed by atoms with E-state index in [4.69, 9.17) is 5.73 Å². The van der Waals surface area contributed by atoms with Crippen LogP contribution < -0.4 is 5.73 Å². The summed E-state index contributed by atoms with van der Waals surface area (Å²) in [4.78, 5) is 0. The molecule has 1 heterocycles. The minimum absolute atomic E-state index is 0.214. The van der Waals surface area contributed by atoms with Gasteiger partial charge in [0.25, 0.3) is 0 Å². The van der Waals surface area contributed by atoms with Crippen LogP contribution in [0.5, 0.6) is 0 Å². The first kappa shape index (κ1) is 13.8. The third-order valence-corrected chi connectivity index (χ3v) is 4.01. The van der Waals surface area contributed by atoms with Crippen LogP contribution in [-0.4, -0.2) is 15.8 Å². The van der Waals surface area contributed by atoms with Crippen LogP contribution >= 0.6 is 31.9 Å². The Bertz CT molecular complexity index is 537. The zero-order valence-electron chi connectivity index (χ0n) is 10.1. The van der Waals surface area contributed by atoms with Crippen LogP contribution in [-0.2, 0) is 6.42 Å². The molecular formula is C13H15Br2N3. The number of hydrogen-bond acceptors (Lipinski definition) is 2. The van der Waals surface area contributed by atoms with Gasteiger partial charge in [0.05, 0.1) is 16.4 Å². The van der Waals surface area contributed by atoms with Crippen molar-refractivity contribution in [2.45, 2.75) is 25.8 Å². The van der Waals surface area contributed by atoms with Gasteiger partial charge in [-0.2, -0.15) is 5.10 Å². The molecule has 0 bridgehead atoms. The van der Waals surface area contributed by atoms with Gasteiger partial charge in [0.1, 0.15) is 0 Å². The second-order valence-electron chi connectivity index (χ2n) is 4.25. The molecule has 1 aromatic heterocycles. The fourth-order valence-corrected chi connectivity index (χ4v) is 2.53. The highest BCUT2D eigenvalue weighted by molar-refractivity contribution is 9.10.